The molecule has 1 fully saturated rings. The van der Waals surface area contributed by atoms with Crippen molar-refractivity contribution in [3.8, 4) is 0 Å². The third kappa shape index (κ3) is 2.00. The van der Waals surface area contributed by atoms with Gasteiger partial charge in [0.1, 0.15) is 0 Å². The van der Waals surface area contributed by atoms with Gasteiger partial charge in [-0.3, -0.25) is 0 Å². The average Bonchev–Trinajstić information content (AvgIpc) is 2.85. The minimum absolute atomic E-state index is 0.129. The van der Waals surface area contributed by atoms with E-state index in [4.69, 9.17) is 9.47 Å². The Balaban J connectivity index is 2.47. The van der Waals surface area contributed by atoms with Gasteiger partial charge in [0, 0.05) is 19.7 Å². The molecule has 2 rings (SSSR count). The molecule has 0 spiro atoms. The van der Waals surface area contributed by atoms with Crippen LogP contribution in [0.5, 0.6) is 0 Å². The van der Waals surface area contributed by atoms with Crippen molar-refractivity contribution in [1.29, 1.82) is 0 Å². The third-order valence-corrected chi connectivity index (χ3v) is 8.09. The molecule has 0 amide bonds. The highest BCUT2D eigenvalue weighted by Crippen LogP contribution is 2.55. The van der Waals surface area contributed by atoms with E-state index in [0.717, 1.165) is 6.42 Å². The summed E-state index contributed by atoms with van der Waals surface area (Å²) >= 11 is 4.72. The number of ether oxygens (including phenoxy) is 2. The highest BCUT2D eigenvalue weighted by Gasteiger charge is 2.54. The summed E-state index contributed by atoms with van der Waals surface area (Å²) in [7, 11) is 2.69. The number of fused-ring (bicyclic) bond motifs is 2. The van der Waals surface area contributed by atoms with Crippen LogP contribution in [0, 0.1) is 11.8 Å². The van der Waals surface area contributed by atoms with Crippen molar-refractivity contribution < 1.29 is 19.1 Å². The molecule has 1 saturated carbocycles. The molecule has 0 aromatic rings. The Hall–Kier alpha value is 0.140. The smallest absolute Gasteiger partial charge is 0.334 e. The maximum atomic E-state index is 11.8. The van der Waals surface area contributed by atoms with Gasteiger partial charge in [-0.1, -0.05) is 45.2 Å². The number of halogens is 2. The first kappa shape index (κ1) is 13.6. The van der Waals surface area contributed by atoms with Crippen LogP contribution in [-0.2, 0) is 19.1 Å². The Labute approximate surface area is 127 Å². The number of carbonyl (C=O) groups excluding carboxylic acids is 2. The Bertz CT molecular complexity index is 368. The zero-order valence-corrected chi connectivity index (χ0v) is 13.7. The molecule has 0 aromatic carbocycles. The molecule has 2 aliphatic carbocycles. The molecule has 17 heavy (non-hydrogen) atoms. The maximum absolute atomic E-state index is 11.8. The summed E-state index contributed by atoms with van der Waals surface area (Å²) in [6.07, 6.45) is 0.857. The second-order valence-electron chi connectivity index (χ2n) is 4.15. The Morgan fingerprint density at radius 1 is 1.00 bits per heavy atom. The predicted octanol–water partition coefficient (Wildman–Crippen LogP) is 1.89. The molecule has 0 aromatic heterocycles. The molecule has 6 heteroatoms. The van der Waals surface area contributed by atoms with Gasteiger partial charge < -0.3 is 9.47 Å². The molecule has 2 bridgehead atoms. The second-order valence-corrected chi connectivity index (χ2v) is 7.02. The van der Waals surface area contributed by atoms with Crippen molar-refractivity contribution in [1.82, 2.24) is 0 Å². The summed E-state index contributed by atoms with van der Waals surface area (Å²) in [6, 6.07) is 0. The maximum Gasteiger partial charge on any atom is 0.334 e. The number of carbonyl (C=O) groups is 2. The summed E-state index contributed by atoms with van der Waals surface area (Å²) in [5.74, 6) is -0.515. The topological polar surface area (TPSA) is 52.6 Å². The molecule has 4 nitrogen and oxygen atoms in total. The monoisotopic (exact) mass is 462 g/mol. The van der Waals surface area contributed by atoms with E-state index in [0.29, 0.717) is 19.0 Å². The van der Waals surface area contributed by atoms with Gasteiger partial charge in [-0.05, 0) is 6.42 Å². The molecule has 0 heterocycles. The lowest BCUT2D eigenvalue weighted by atomic mass is 9.91. The summed E-state index contributed by atoms with van der Waals surface area (Å²) in [6.45, 7) is 0. The quantitative estimate of drug-likeness (QED) is 0.358. The fourth-order valence-electron chi connectivity index (χ4n) is 2.67. The molecule has 2 aliphatic rings. The third-order valence-electron chi connectivity index (χ3n) is 3.42. The first-order valence-electron chi connectivity index (χ1n) is 5.21. The Morgan fingerprint density at radius 2 is 1.35 bits per heavy atom. The normalized spacial score (nSPS) is 35.1. The number of methoxy groups -OCH3 is 2. The van der Waals surface area contributed by atoms with Crippen molar-refractivity contribution in [3.05, 3.63) is 11.1 Å². The Kier molecular flexibility index (Phi) is 4.01. The minimum Gasteiger partial charge on any atom is -0.466 e. The van der Waals surface area contributed by atoms with Crippen LogP contribution >= 0.6 is 45.2 Å². The molecule has 94 valence electrons. The van der Waals surface area contributed by atoms with Gasteiger partial charge in [0.05, 0.1) is 25.4 Å². The number of alkyl halides is 2. The average molecular weight is 462 g/mol. The summed E-state index contributed by atoms with van der Waals surface area (Å²) in [5, 5.41) is 0. The summed E-state index contributed by atoms with van der Waals surface area (Å²) in [5.41, 5.74) is 1.08. The molecule has 0 N–H and O–H groups in total. The van der Waals surface area contributed by atoms with Gasteiger partial charge in [0.2, 0.25) is 0 Å². The van der Waals surface area contributed by atoms with Gasteiger partial charge >= 0.3 is 11.9 Å². The number of hydrogen-bond donors (Lipinski definition) is 0. The van der Waals surface area contributed by atoms with Crippen LogP contribution in [0.1, 0.15) is 6.42 Å². The van der Waals surface area contributed by atoms with E-state index >= 15 is 0 Å². The lowest BCUT2D eigenvalue weighted by molar-refractivity contribution is -0.139. The first-order valence-corrected chi connectivity index (χ1v) is 7.70. The summed E-state index contributed by atoms with van der Waals surface area (Å²) in [4.78, 5) is 23.6. The highest BCUT2D eigenvalue weighted by molar-refractivity contribution is 14.1. The fraction of sp³-hybridized carbons (Fsp3) is 0.636. The van der Waals surface area contributed by atoms with Gasteiger partial charge in [-0.15, -0.1) is 0 Å². The van der Waals surface area contributed by atoms with Crippen LogP contribution in [0.3, 0.4) is 0 Å². The second kappa shape index (κ2) is 5.02. The van der Waals surface area contributed by atoms with E-state index in [1.54, 1.807) is 0 Å². The molecular weight excluding hydrogens is 450 g/mol. The highest BCUT2D eigenvalue weighted by atomic mass is 127. The standard InChI is InChI=1S/C11H12I2O4/c1-16-10(14)6-4-3-5(9(13)8(4)12)7(6)11(15)17-2/h4-5,8-9H,3H2,1-2H3/t4-,5+,8-,9+. The van der Waals surface area contributed by atoms with Gasteiger partial charge in [-0.25, -0.2) is 9.59 Å². The number of esters is 2. The van der Waals surface area contributed by atoms with Crippen molar-refractivity contribution in [3.63, 3.8) is 0 Å². The molecule has 0 aliphatic heterocycles. The van der Waals surface area contributed by atoms with Crippen LogP contribution in [0.25, 0.3) is 0 Å². The van der Waals surface area contributed by atoms with Gasteiger partial charge in [-0.2, -0.15) is 0 Å². The van der Waals surface area contributed by atoms with Crippen molar-refractivity contribution in [2.75, 3.05) is 14.2 Å². The molecule has 0 unspecified atom stereocenters. The zero-order chi connectivity index (χ0) is 12.7. The van der Waals surface area contributed by atoms with Crippen molar-refractivity contribution in [2.24, 2.45) is 11.8 Å². The molecular formula is C11H12I2O4. The van der Waals surface area contributed by atoms with E-state index in [-0.39, 0.29) is 23.8 Å². The van der Waals surface area contributed by atoms with Gasteiger partial charge in [0.15, 0.2) is 0 Å². The number of rotatable bonds is 2. The van der Waals surface area contributed by atoms with Crippen LogP contribution in [0.2, 0.25) is 0 Å². The Morgan fingerprint density at radius 3 is 1.65 bits per heavy atom. The van der Waals surface area contributed by atoms with E-state index in [1.807, 2.05) is 0 Å². The van der Waals surface area contributed by atoms with Crippen LogP contribution in [0.4, 0.5) is 0 Å². The van der Waals surface area contributed by atoms with Crippen molar-refractivity contribution >= 4 is 57.1 Å². The largest absolute Gasteiger partial charge is 0.466 e. The van der Waals surface area contributed by atoms with Crippen molar-refractivity contribution in [2.45, 2.75) is 14.3 Å². The van der Waals surface area contributed by atoms with E-state index in [9.17, 15) is 9.59 Å². The first-order chi connectivity index (χ1) is 8.02. The lowest BCUT2D eigenvalue weighted by Gasteiger charge is -2.25. The van der Waals surface area contributed by atoms with Crippen LogP contribution in [0.15, 0.2) is 11.1 Å². The minimum atomic E-state index is -0.386. The number of hydrogen-bond acceptors (Lipinski definition) is 4. The lowest BCUT2D eigenvalue weighted by Crippen LogP contribution is -2.31. The van der Waals surface area contributed by atoms with Gasteiger partial charge in [0.25, 0.3) is 0 Å². The SMILES string of the molecule is COC(=O)C1=C(C(=O)OC)[C@@H]2C[C@H]1[C@@H](I)[C@H]2I. The predicted molar refractivity (Wildman–Crippen MR) is 78.3 cm³/mol. The van der Waals surface area contributed by atoms with E-state index in [1.165, 1.54) is 14.2 Å². The molecule has 0 saturated heterocycles. The van der Waals surface area contributed by atoms with E-state index in [2.05, 4.69) is 45.2 Å². The summed E-state index contributed by atoms with van der Waals surface area (Å²) < 4.78 is 10.3. The van der Waals surface area contributed by atoms with E-state index < -0.39 is 0 Å². The zero-order valence-electron chi connectivity index (χ0n) is 9.41. The molecule has 4 atom stereocenters. The van der Waals surface area contributed by atoms with Crippen LogP contribution < -0.4 is 0 Å². The molecule has 0 radical (unpaired) electrons. The fourth-order valence-corrected chi connectivity index (χ4v) is 4.98. The van der Waals surface area contributed by atoms with Crippen LogP contribution in [-0.4, -0.2) is 34.0 Å².